The molecule has 7 heteroatoms. The average Bonchev–Trinajstić information content (AvgIpc) is 3.29. The smallest absolute Gasteiger partial charge is 0.230 e. The van der Waals surface area contributed by atoms with Crippen molar-refractivity contribution in [1.82, 2.24) is 20.1 Å². The summed E-state index contributed by atoms with van der Waals surface area (Å²) in [7, 11) is 0. The molecule has 140 valence electrons. The maximum Gasteiger partial charge on any atom is 0.230 e. The zero-order valence-corrected chi connectivity index (χ0v) is 16.7. The molecule has 1 N–H and O–H groups in total. The first-order valence-electron chi connectivity index (χ1n) is 9.68. The second kappa shape index (κ2) is 8.57. The van der Waals surface area contributed by atoms with E-state index in [1.54, 1.807) is 11.3 Å². The fourth-order valence-corrected chi connectivity index (χ4v) is 5.16. The molecule has 0 spiro atoms. The highest BCUT2D eigenvalue weighted by atomic mass is 32.2. The second-order valence-electron chi connectivity index (χ2n) is 7.30. The molecular formula is C19H26N4OS2. The molecule has 0 saturated heterocycles. The molecule has 2 fully saturated rings. The molecule has 0 unspecified atom stereocenters. The molecule has 5 nitrogen and oxygen atoms in total. The van der Waals surface area contributed by atoms with Crippen LogP contribution in [0, 0.1) is 0 Å². The third-order valence-electron chi connectivity index (χ3n) is 5.11. The van der Waals surface area contributed by atoms with Crippen molar-refractivity contribution in [3.05, 3.63) is 28.2 Å². The third-order valence-corrected chi connectivity index (χ3v) is 6.93. The molecule has 1 amide bonds. The number of carbonyl (C=O) groups is 1. The Kier molecular flexibility index (Phi) is 5.94. The second-order valence-corrected chi connectivity index (χ2v) is 9.28. The van der Waals surface area contributed by atoms with Crippen LogP contribution in [0.2, 0.25) is 0 Å². The van der Waals surface area contributed by atoms with Gasteiger partial charge in [-0.05, 0) is 37.1 Å². The highest BCUT2D eigenvalue weighted by Crippen LogP contribution is 2.39. The van der Waals surface area contributed by atoms with Crippen LogP contribution in [-0.2, 0) is 11.2 Å². The maximum absolute atomic E-state index is 12.4. The molecule has 0 radical (unpaired) electrons. The van der Waals surface area contributed by atoms with Gasteiger partial charge in [0.1, 0.15) is 5.82 Å². The average molecular weight is 391 g/mol. The summed E-state index contributed by atoms with van der Waals surface area (Å²) < 4.78 is 2.27. The van der Waals surface area contributed by atoms with Crippen LogP contribution in [0.3, 0.4) is 0 Å². The number of thioether (sulfide) groups is 1. The Morgan fingerprint density at radius 1 is 1.19 bits per heavy atom. The summed E-state index contributed by atoms with van der Waals surface area (Å²) in [6.07, 6.45) is 10.5. The lowest BCUT2D eigenvalue weighted by molar-refractivity contribution is -0.119. The standard InChI is InChI=1S/C19H26N4OS2/c24-18(20-14-6-3-1-2-4-7-14)13-26-19-22-21-17(23(19)15-9-10-15)12-16-8-5-11-25-16/h5,8,11,14-15H,1-4,6-7,9-10,12-13H2,(H,20,24). The van der Waals surface area contributed by atoms with Gasteiger partial charge >= 0.3 is 0 Å². The molecule has 0 atom stereocenters. The van der Waals surface area contributed by atoms with Crippen LogP contribution in [0.1, 0.15) is 68.1 Å². The molecule has 4 rings (SSSR count). The van der Waals surface area contributed by atoms with E-state index >= 15 is 0 Å². The van der Waals surface area contributed by atoms with Crippen molar-refractivity contribution in [2.75, 3.05) is 5.75 Å². The predicted octanol–water partition coefficient (Wildman–Crippen LogP) is 4.20. The van der Waals surface area contributed by atoms with Crippen LogP contribution in [0.5, 0.6) is 0 Å². The summed E-state index contributed by atoms with van der Waals surface area (Å²) in [6.45, 7) is 0. The first-order valence-corrected chi connectivity index (χ1v) is 11.5. The number of rotatable bonds is 7. The number of amides is 1. The minimum Gasteiger partial charge on any atom is -0.353 e. The summed E-state index contributed by atoms with van der Waals surface area (Å²) in [4.78, 5) is 13.7. The number of hydrogen-bond donors (Lipinski definition) is 1. The number of carbonyl (C=O) groups excluding carboxylic acids is 1. The Bertz CT molecular complexity index is 716. The van der Waals surface area contributed by atoms with E-state index < -0.39 is 0 Å². The van der Waals surface area contributed by atoms with Gasteiger partial charge in [0, 0.05) is 23.4 Å². The van der Waals surface area contributed by atoms with Crippen molar-refractivity contribution in [3.8, 4) is 0 Å². The minimum absolute atomic E-state index is 0.132. The van der Waals surface area contributed by atoms with Crippen molar-refractivity contribution in [3.63, 3.8) is 0 Å². The lowest BCUT2D eigenvalue weighted by Crippen LogP contribution is -2.35. The Hall–Kier alpha value is -1.34. The van der Waals surface area contributed by atoms with Crippen LogP contribution in [0.25, 0.3) is 0 Å². The van der Waals surface area contributed by atoms with Crippen molar-refractivity contribution in [2.45, 2.75) is 75.0 Å². The fraction of sp³-hybridized carbons (Fsp3) is 0.632. The summed E-state index contributed by atoms with van der Waals surface area (Å²) >= 11 is 3.29. The lowest BCUT2D eigenvalue weighted by Gasteiger charge is -2.16. The first-order chi connectivity index (χ1) is 12.8. The first kappa shape index (κ1) is 18.0. The van der Waals surface area contributed by atoms with E-state index in [0.717, 1.165) is 30.2 Å². The molecular weight excluding hydrogens is 364 g/mol. The van der Waals surface area contributed by atoms with E-state index in [0.29, 0.717) is 17.8 Å². The van der Waals surface area contributed by atoms with Gasteiger partial charge in [-0.1, -0.05) is 43.5 Å². The minimum atomic E-state index is 0.132. The Morgan fingerprint density at radius 3 is 2.69 bits per heavy atom. The van der Waals surface area contributed by atoms with Gasteiger partial charge in [-0.2, -0.15) is 0 Å². The molecule has 2 aliphatic carbocycles. The summed E-state index contributed by atoms with van der Waals surface area (Å²) in [5.41, 5.74) is 0. The zero-order valence-electron chi connectivity index (χ0n) is 15.0. The van der Waals surface area contributed by atoms with Crippen LogP contribution < -0.4 is 5.32 Å². The van der Waals surface area contributed by atoms with Crippen molar-refractivity contribution in [1.29, 1.82) is 0 Å². The van der Waals surface area contributed by atoms with E-state index in [2.05, 4.69) is 37.6 Å². The lowest BCUT2D eigenvalue weighted by atomic mass is 10.1. The van der Waals surface area contributed by atoms with E-state index in [1.165, 1.54) is 55.2 Å². The summed E-state index contributed by atoms with van der Waals surface area (Å²) in [5.74, 6) is 1.59. The molecule has 2 heterocycles. The van der Waals surface area contributed by atoms with Gasteiger partial charge in [-0.3, -0.25) is 4.79 Å². The Morgan fingerprint density at radius 2 is 2.00 bits per heavy atom. The van der Waals surface area contributed by atoms with Crippen LogP contribution in [0.4, 0.5) is 0 Å². The number of hydrogen-bond acceptors (Lipinski definition) is 5. The molecule has 26 heavy (non-hydrogen) atoms. The van der Waals surface area contributed by atoms with E-state index in [1.807, 2.05) is 0 Å². The number of nitrogens with one attached hydrogen (secondary N) is 1. The van der Waals surface area contributed by atoms with Crippen LogP contribution in [0.15, 0.2) is 22.7 Å². The van der Waals surface area contributed by atoms with Crippen molar-refractivity contribution >= 4 is 29.0 Å². The van der Waals surface area contributed by atoms with Gasteiger partial charge in [0.25, 0.3) is 0 Å². The Balaban J connectivity index is 1.35. The van der Waals surface area contributed by atoms with Gasteiger partial charge in [0.2, 0.25) is 5.91 Å². The molecule has 2 aromatic rings. The molecule has 2 saturated carbocycles. The van der Waals surface area contributed by atoms with Gasteiger partial charge in [-0.15, -0.1) is 21.5 Å². The largest absolute Gasteiger partial charge is 0.353 e. The zero-order chi connectivity index (χ0) is 17.8. The number of nitrogens with zero attached hydrogens (tertiary/aromatic N) is 3. The highest BCUT2D eigenvalue weighted by molar-refractivity contribution is 7.99. The van der Waals surface area contributed by atoms with Gasteiger partial charge in [0.05, 0.1) is 5.75 Å². The van der Waals surface area contributed by atoms with Gasteiger partial charge < -0.3 is 9.88 Å². The van der Waals surface area contributed by atoms with Crippen LogP contribution in [-0.4, -0.2) is 32.5 Å². The quantitative estimate of drug-likeness (QED) is 0.569. The molecule has 2 aromatic heterocycles. The molecule has 2 aliphatic rings. The number of aromatic nitrogens is 3. The molecule has 0 aliphatic heterocycles. The topological polar surface area (TPSA) is 59.8 Å². The normalized spacial score (nSPS) is 18.6. The Labute approximate surface area is 163 Å². The van der Waals surface area contributed by atoms with E-state index in [4.69, 9.17) is 0 Å². The molecule has 0 bridgehead atoms. The van der Waals surface area contributed by atoms with Gasteiger partial charge in [-0.25, -0.2) is 0 Å². The fourth-order valence-electron chi connectivity index (χ4n) is 3.62. The van der Waals surface area contributed by atoms with Gasteiger partial charge in [0.15, 0.2) is 5.16 Å². The predicted molar refractivity (Wildman–Crippen MR) is 106 cm³/mol. The maximum atomic E-state index is 12.4. The molecule has 0 aromatic carbocycles. The third kappa shape index (κ3) is 4.68. The van der Waals surface area contributed by atoms with Crippen molar-refractivity contribution < 1.29 is 4.79 Å². The van der Waals surface area contributed by atoms with E-state index in [9.17, 15) is 4.79 Å². The SMILES string of the molecule is O=C(CSc1nnc(Cc2cccs2)n1C1CC1)NC1CCCCCC1. The highest BCUT2D eigenvalue weighted by Gasteiger charge is 2.30. The summed E-state index contributed by atoms with van der Waals surface area (Å²) in [5, 5.41) is 15.0. The van der Waals surface area contributed by atoms with Crippen LogP contribution >= 0.6 is 23.1 Å². The number of thiophene rings is 1. The monoisotopic (exact) mass is 390 g/mol. The van der Waals surface area contributed by atoms with Crippen molar-refractivity contribution in [2.24, 2.45) is 0 Å². The van der Waals surface area contributed by atoms with E-state index in [-0.39, 0.29) is 5.91 Å². The summed E-state index contributed by atoms with van der Waals surface area (Å²) in [6, 6.07) is 5.10.